The van der Waals surface area contributed by atoms with Crippen LogP contribution in [0.5, 0.6) is 0 Å². The summed E-state index contributed by atoms with van der Waals surface area (Å²) in [6, 6.07) is 5.98. The van der Waals surface area contributed by atoms with Gasteiger partial charge in [-0.1, -0.05) is 6.08 Å². The van der Waals surface area contributed by atoms with Gasteiger partial charge < -0.3 is 0 Å². The summed E-state index contributed by atoms with van der Waals surface area (Å²) in [7, 11) is 0. The maximum atomic E-state index is 9.02. The first-order valence-corrected chi connectivity index (χ1v) is 5.73. The molecule has 16 heavy (non-hydrogen) atoms. The standard InChI is InChI=1S/C12H11N3S/c1-9-7-10(2)15-12(11(9)8-14)16-6-4-3-5-13/h3-4,7H,6H2,1-2H3. The lowest BCUT2D eigenvalue weighted by Crippen LogP contribution is -1.94. The molecule has 4 heteroatoms. The highest BCUT2D eigenvalue weighted by atomic mass is 32.2. The van der Waals surface area contributed by atoms with Gasteiger partial charge in [-0.15, -0.1) is 11.8 Å². The van der Waals surface area contributed by atoms with Crippen molar-refractivity contribution < 1.29 is 0 Å². The van der Waals surface area contributed by atoms with Crippen molar-refractivity contribution >= 4 is 11.8 Å². The first-order valence-electron chi connectivity index (χ1n) is 4.74. The van der Waals surface area contributed by atoms with E-state index in [2.05, 4.69) is 11.1 Å². The monoisotopic (exact) mass is 229 g/mol. The van der Waals surface area contributed by atoms with Gasteiger partial charge in [-0.05, 0) is 25.5 Å². The number of hydrogen-bond donors (Lipinski definition) is 0. The van der Waals surface area contributed by atoms with E-state index >= 15 is 0 Å². The maximum absolute atomic E-state index is 9.02. The first-order chi connectivity index (χ1) is 7.69. The van der Waals surface area contributed by atoms with Crippen molar-refractivity contribution in [2.75, 3.05) is 5.75 Å². The van der Waals surface area contributed by atoms with Crippen LogP contribution in [0.15, 0.2) is 23.2 Å². The third-order valence-electron chi connectivity index (χ3n) is 1.93. The Kier molecular flexibility index (Phi) is 4.57. The molecule has 1 aromatic heterocycles. The predicted octanol–water partition coefficient (Wildman–Crippen LogP) is 2.74. The lowest BCUT2D eigenvalue weighted by Gasteiger charge is -2.05. The minimum absolute atomic E-state index is 0.626. The lowest BCUT2D eigenvalue weighted by atomic mass is 10.1. The lowest BCUT2D eigenvalue weighted by molar-refractivity contribution is 1.03. The zero-order chi connectivity index (χ0) is 12.0. The molecule has 0 N–H and O–H groups in total. The van der Waals surface area contributed by atoms with Gasteiger partial charge in [0.15, 0.2) is 0 Å². The number of rotatable bonds is 3. The van der Waals surface area contributed by atoms with E-state index in [1.165, 1.54) is 17.8 Å². The van der Waals surface area contributed by atoms with Gasteiger partial charge in [0.25, 0.3) is 0 Å². The smallest absolute Gasteiger partial charge is 0.115 e. The number of nitrogens with zero attached hydrogens (tertiary/aromatic N) is 3. The first kappa shape index (κ1) is 12.3. The van der Waals surface area contributed by atoms with E-state index in [0.717, 1.165) is 16.3 Å². The highest BCUT2D eigenvalue weighted by Crippen LogP contribution is 2.23. The molecule has 0 saturated heterocycles. The molecule has 0 amide bonds. The van der Waals surface area contributed by atoms with Crippen LogP contribution in [0.3, 0.4) is 0 Å². The molecule has 80 valence electrons. The summed E-state index contributed by atoms with van der Waals surface area (Å²) in [4.78, 5) is 4.33. The summed E-state index contributed by atoms with van der Waals surface area (Å²) in [5.74, 6) is 0.651. The molecule has 0 atom stereocenters. The van der Waals surface area contributed by atoms with Gasteiger partial charge in [-0.3, -0.25) is 0 Å². The van der Waals surface area contributed by atoms with Crippen molar-refractivity contribution in [1.29, 1.82) is 10.5 Å². The van der Waals surface area contributed by atoms with Gasteiger partial charge in [0.05, 0.1) is 11.6 Å². The van der Waals surface area contributed by atoms with Crippen molar-refractivity contribution in [2.24, 2.45) is 0 Å². The van der Waals surface area contributed by atoms with Crippen molar-refractivity contribution in [3.63, 3.8) is 0 Å². The Hall–Kier alpha value is -1.78. The largest absolute Gasteiger partial charge is 0.245 e. The van der Waals surface area contributed by atoms with Crippen LogP contribution >= 0.6 is 11.8 Å². The van der Waals surface area contributed by atoms with E-state index in [1.54, 1.807) is 6.08 Å². The molecule has 0 saturated carbocycles. The molecule has 0 aliphatic carbocycles. The molecule has 0 aliphatic heterocycles. The van der Waals surface area contributed by atoms with Crippen LogP contribution < -0.4 is 0 Å². The average molecular weight is 229 g/mol. The predicted molar refractivity (Wildman–Crippen MR) is 63.9 cm³/mol. The third kappa shape index (κ3) is 3.12. The van der Waals surface area contributed by atoms with E-state index in [0.29, 0.717) is 11.3 Å². The van der Waals surface area contributed by atoms with E-state index in [-0.39, 0.29) is 0 Å². The van der Waals surface area contributed by atoms with Crippen molar-refractivity contribution in [3.8, 4) is 12.1 Å². The minimum atomic E-state index is 0.626. The van der Waals surface area contributed by atoms with Crippen molar-refractivity contribution in [1.82, 2.24) is 4.98 Å². The van der Waals surface area contributed by atoms with Crippen LogP contribution in [0.2, 0.25) is 0 Å². The summed E-state index contributed by atoms with van der Waals surface area (Å²) in [5, 5.41) is 18.1. The fourth-order valence-electron chi connectivity index (χ4n) is 1.27. The fraction of sp³-hybridized carbons (Fsp3) is 0.250. The van der Waals surface area contributed by atoms with E-state index < -0.39 is 0 Å². The Morgan fingerprint density at radius 3 is 2.81 bits per heavy atom. The SMILES string of the molecule is Cc1cc(C)c(C#N)c(SCC=CC#N)n1. The third-order valence-corrected chi connectivity index (χ3v) is 2.86. The molecule has 0 unspecified atom stereocenters. The van der Waals surface area contributed by atoms with Crippen LogP contribution in [0.1, 0.15) is 16.8 Å². The molecule has 0 radical (unpaired) electrons. The van der Waals surface area contributed by atoms with Gasteiger partial charge in [0.2, 0.25) is 0 Å². The molecule has 1 aromatic rings. The Morgan fingerprint density at radius 1 is 1.44 bits per heavy atom. The topological polar surface area (TPSA) is 60.5 Å². The molecule has 0 aliphatic rings. The quantitative estimate of drug-likeness (QED) is 0.590. The second kappa shape index (κ2) is 5.95. The Balaban J connectivity index is 2.92. The fourth-order valence-corrected chi connectivity index (χ4v) is 2.18. The van der Waals surface area contributed by atoms with Crippen LogP contribution in [0, 0.1) is 36.5 Å². The highest BCUT2D eigenvalue weighted by molar-refractivity contribution is 7.99. The number of nitriles is 2. The highest BCUT2D eigenvalue weighted by Gasteiger charge is 2.07. The number of aromatic nitrogens is 1. The summed E-state index contributed by atoms with van der Waals surface area (Å²) < 4.78 is 0. The minimum Gasteiger partial charge on any atom is -0.245 e. The summed E-state index contributed by atoms with van der Waals surface area (Å²) in [6.07, 6.45) is 3.19. The van der Waals surface area contributed by atoms with E-state index in [4.69, 9.17) is 10.5 Å². The molecule has 0 spiro atoms. The van der Waals surface area contributed by atoms with Crippen LogP contribution in [0.25, 0.3) is 0 Å². The maximum Gasteiger partial charge on any atom is 0.115 e. The summed E-state index contributed by atoms with van der Waals surface area (Å²) >= 11 is 1.47. The van der Waals surface area contributed by atoms with Crippen LogP contribution in [0.4, 0.5) is 0 Å². The summed E-state index contributed by atoms with van der Waals surface area (Å²) in [6.45, 7) is 3.81. The molecule has 0 fully saturated rings. The number of thioether (sulfide) groups is 1. The number of allylic oxidation sites excluding steroid dienone is 1. The van der Waals surface area contributed by atoms with E-state index in [1.807, 2.05) is 26.0 Å². The number of aryl methyl sites for hydroxylation is 2. The molecular weight excluding hydrogens is 218 g/mol. The molecule has 1 heterocycles. The van der Waals surface area contributed by atoms with Gasteiger partial charge in [0.1, 0.15) is 11.1 Å². The molecular formula is C12H11N3S. The Bertz CT molecular complexity index is 492. The van der Waals surface area contributed by atoms with Gasteiger partial charge in [0, 0.05) is 17.5 Å². The van der Waals surface area contributed by atoms with Crippen LogP contribution in [-0.4, -0.2) is 10.7 Å². The second-order valence-corrected chi connectivity index (χ2v) is 4.22. The van der Waals surface area contributed by atoms with E-state index in [9.17, 15) is 0 Å². The Morgan fingerprint density at radius 2 is 2.19 bits per heavy atom. The zero-order valence-electron chi connectivity index (χ0n) is 9.19. The van der Waals surface area contributed by atoms with Gasteiger partial charge in [-0.2, -0.15) is 10.5 Å². The van der Waals surface area contributed by atoms with Crippen LogP contribution in [-0.2, 0) is 0 Å². The number of hydrogen-bond acceptors (Lipinski definition) is 4. The molecule has 0 bridgehead atoms. The molecule has 1 rings (SSSR count). The van der Waals surface area contributed by atoms with Gasteiger partial charge >= 0.3 is 0 Å². The number of pyridine rings is 1. The zero-order valence-corrected chi connectivity index (χ0v) is 10.0. The Labute approximate surface area is 99.4 Å². The molecule has 3 nitrogen and oxygen atoms in total. The van der Waals surface area contributed by atoms with Crippen molar-refractivity contribution in [3.05, 3.63) is 35.0 Å². The second-order valence-electron chi connectivity index (χ2n) is 3.21. The molecule has 0 aromatic carbocycles. The average Bonchev–Trinajstić information content (AvgIpc) is 2.24. The normalized spacial score (nSPS) is 10.0. The van der Waals surface area contributed by atoms with Crippen molar-refractivity contribution in [2.45, 2.75) is 18.9 Å². The summed E-state index contributed by atoms with van der Waals surface area (Å²) in [5.41, 5.74) is 2.48. The van der Waals surface area contributed by atoms with Gasteiger partial charge in [-0.25, -0.2) is 4.98 Å².